The molecule has 55 heavy (non-hydrogen) atoms. The van der Waals surface area contributed by atoms with Crippen LogP contribution in [0, 0.1) is 5.92 Å². The van der Waals surface area contributed by atoms with Crippen LogP contribution in [0.5, 0.6) is 0 Å². The number of para-hydroxylation sites is 2. The number of aliphatic hydroxyl groups is 1. The van der Waals surface area contributed by atoms with Crippen LogP contribution in [0.2, 0.25) is 0 Å². The highest BCUT2D eigenvalue weighted by atomic mass is 16.7. The Kier molecular flexibility index (Phi) is 13.6. The van der Waals surface area contributed by atoms with Crippen LogP contribution >= 0.6 is 0 Å². The third kappa shape index (κ3) is 11.2. The maximum absolute atomic E-state index is 13.8. The SMILES string of the molecule is CC(C)(C)NC(=O)C1CCC2CCCCC2N1CC1CC(c2ccc(CO)cc2)OC(c2ccc(NC(=O)CCCCC(=O)Nc3ccccc3N)cc2)O1. The van der Waals surface area contributed by atoms with E-state index in [4.69, 9.17) is 15.2 Å². The molecule has 1 aliphatic carbocycles. The third-order valence-corrected chi connectivity index (χ3v) is 11.1. The number of rotatable bonds is 13. The number of ether oxygens (including phenoxy) is 2. The zero-order valence-electron chi connectivity index (χ0n) is 32.6. The fraction of sp³-hybridized carbons (Fsp3) is 0.523. The van der Waals surface area contributed by atoms with Crippen LogP contribution < -0.4 is 21.7 Å². The Labute approximate surface area is 325 Å². The lowest BCUT2D eigenvalue weighted by atomic mass is 9.75. The monoisotopic (exact) mass is 753 g/mol. The van der Waals surface area contributed by atoms with Crippen molar-refractivity contribution in [1.29, 1.82) is 0 Å². The standard InChI is InChI=1S/C44H59N5O6/c1-44(2,3)48-42(53)38-25-22-30-10-4-7-13-37(30)49(38)27-34-26-39(31-18-16-29(28-50)17-19-31)55-43(54-34)32-20-23-33(24-21-32)46-40(51)14-8-9-15-41(52)47-36-12-6-5-11-35(36)45/h5-6,11-12,16-21,23-24,30,34,37-39,43,50H,4,7-10,13-15,22,25-28,45H2,1-3H3,(H,46,51)(H,47,52)(H,48,53). The first kappa shape index (κ1) is 40.4. The summed E-state index contributed by atoms with van der Waals surface area (Å²) in [6.07, 6.45) is 7.91. The lowest BCUT2D eigenvalue weighted by Gasteiger charge is -2.50. The van der Waals surface area contributed by atoms with E-state index < -0.39 is 6.29 Å². The molecule has 3 aliphatic rings. The Morgan fingerprint density at radius 1 is 0.818 bits per heavy atom. The number of piperidine rings is 1. The molecule has 6 rings (SSSR count). The van der Waals surface area contributed by atoms with E-state index in [1.165, 1.54) is 19.3 Å². The van der Waals surface area contributed by atoms with E-state index in [1.807, 2.05) is 81.4 Å². The number of unbranched alkanes of at least 4 members (excludes halogenated alkanes) is 1. The molecule has 0 spiro atoms. The van der Waals surface area contributed by atoms with Gasteiger partial charge in [-0.1, -0.05) is 61.4 Å². The van der Waals surface area contributed by atoms with Gasteiger partial charge in [0.2, 0.25) is 17.7 Å². The number of nitrogens with zero attached hydrogens (tertiary/aromatic N) is 1. The molecule has 11 nitrogen and oxygen atoms in total. The number of nitrogen functional groups attached to an aromatic ring is 1. The zero-order valence-corrected chi connectivity index (χ0v) is 32.6. The summed E-state index contributed by atoms with van der Waals surface area (Å²) < 4.78 is 13.4. The van der Waals surface area contributed by atoms with Crippen LogP contribution in [-0.4, -0.2) is 58.0 Å². The van der Waals surface area contributed by atoms with Gasteiger partial charge in [0.15, 0.2) is 6.29 Å². The lowest BCUT2D eigenvalue weighted by molar-refractivity contribution is -0.255. The van der Waals surface area contributed by atoms with Crippen molar-refractivity contribution in [3.8, 4) is 0 Å². The smallest absolute Gasteiger partial charge is 0.237 e. The van der Waals surface area contributed by atoms with Crippen molar-refractivity contribution in [2.75, 3.05) is 22.9 Å². The molecular weight excluding hydrogens is 695 g/mol. The Balaban J connectivity index is 1.10. The molecule has 3 amide bonds. The molecule has 6 atom stereocenters. The topological polar surface area (TPSA) is 155 Å². The van der Waals surface area contributed by atoms with Crippen LogP contribution in [0.15, 0.2) is 72.8 Å². The van der Waals surface area contributed by atoms with Crippen LogP contribution in [0.25, 0.3) is 0 Å². The van der Waals surface area contributed by atoms with Crippen LogP contribution in [0.1, 0.15) is 120 Å². The van der Waals surface area contributed by atoms with Crippen molar-refractivity contribution in [3.05, 3.63) is 89.5 Å². The summed E-state index contributed by atoms with van der Waals surface area (Å²) in [5.41, 5.74) is 10.1. The second-order valence-corrected chi connectivity index (χ2v) is 16.5. The van der Waals surface area contributed by atoms with E-state index in [0.29, 0.717) is 67.7 Å². The Morgan fingerprint density at radius 2 is 1.49 bits per heavy atom. The van der Waals surface area contributed by atoms with Gasteiger partial charge < -0.3 is 36.3 Å². The van der Waals surface area contributed by atoms with Gasteiger partial charge in [-0.3, -0.25) is 19.3 Å². The zero-order chi connectivity index (χ0) is 39.0. The van der Waals surface area contributed by atoms with Gasteiger partial charge in [-0.15, -0.1) is 0 Å². The molecule has 2 saturated heterocycles. The fourth-order valence-electron chi connectivity index (χ4n) is 8.34. The first-order valence-corrected chi connectivity index (χ1v) is 20.1. The van der Waals surface area contributed by atoms with Gasteiger partial charge in [0.25, 0.3) is 0 Å². The van der Waals surface area contributed by atoms with Gasteiger partial charge in [-0.05, 0) is 101 Å². The lowest BCUT2D eigenvalue weighted by Crippen LogP contribution is -2.61. The number of nitrogens with one attached hydrogen (secondary N) is 3. The maximum atomic E-state index is 13.8. The number of hydrogen-bond acceptors (Lipinski definition) is 8. The van der Waals surface area contributed by atoms with Gasteiger partial charge in [-0.2, -0.15) is 0 Å². The second kappa shape index (κ2) is 18.6. The number of hydrogen-bond donors (Lipinski definition) is 5. The molecule has 6 N–H and O–H groups in total. The molecule has 3 fully saturated rings. The molecule has 6 unspecified atom stereocenters. The highest BCUT2D eigenvalue weighted by Gasteiger charge is 2.44. The maximum Gasteiger partial charge on any atom is 0.237 e. The molecule has 0 bridgehead atoms. The Morgan fingerprint density at radius 3 is 2.18 bits per heavy atom. The van der Waals surface area contributed by atoms with Crippen LogP contribution in [0.3, 0.4) is 0 Å². The van der Waals surface area contributed by atoms with Gasteiger partial charge in [0.05, 0.1) is 36.2 Å². The number of carbonyl (C=O) groups excluding carboxylic acids is 3. The first-order valence-electron chi connectivity index (χ1n) is 20.1. The summed E-state index contributed by atoms with van der Waals surface area (Å²) in [5, 5.41) is 18.7. The molecule has 296 valence electrons. The van der Waals surface area contributed by atoms with E-state index in [-0.39, 0.29) is 48.1 Å². The summed E-state index contributed by atoms with van der Waals surface area (Å²) in [6.45, 7) is 6.70. The average Bonchev–Trinajstić information content (AvgIpc) is 3.17. The predicted octanol–water partition coefficient (Wildman–Crippen LogP) is 7.38. The number of benzene rings is 3. The minimum atomic E-state index is -0.655. The molecule has 3 aromatic carbocycles. The summed E-state index contributed by atoms with van der Waals surface area (Å²) in [6, 6.07) is 22.7. The molecular formula is C44H59N5O6. The summed E-state index contributed by atoms with van der Waals surface area (Å²) >= 11 is 0. The van der Waals surface area contributed by atoms with E-state index in [2.05, 4.69) is 20.9 Å². The summed E-state index contributed by atoms with van der Waals surface area (Å²) in [7, 11) is 0. The second-order valence-electron chi connectivity index (χ2n) is 16.5. The minimum absolute atomic E-state index is 0.0274. The largest absolute Gasteiger partial charge is 0.397 e. The number of carbonyl (C=O) groups is 3. The Hall–Kier alpha value is -4.29. The van der Waals surface area contributed by atoms with Crippen molar-refractivity contribution < 1.29 is 29.0 Å². The number of amides is 3. The van der Waals surface area contributed by atoms with Gasteiger partial charge in [0, 0.05) is 48.6 Å². The van der Waals surface area contributed by atoms with E-state index >= 15 is 0 Å². The highest BCUT2D eigenvalue weighted by molar-refractivity contribution is 5.94. The van der Waals surface area contributed by atoms with Crippen molar-refractivity contribution >= 4 is 34.8 Å². The van der Waals surface area contributed by atoms with Gasteiger partial charge in [-0.25, -0.2) is 0 Å². The van der Waals surface area contributed by atoms with Crippen molar-refractivity contribution in [1.82, 2.24) is 10.2 Å². The minimum Gasteiger partial charge on any atom is -0.397 e. The molecule has 0 aromatic heterocycles. The molecule has 11 heteroatoms. The normalized spacial score (nSPS) is 24.4. The van der Waals surface area contributed by atoms with Crippen molar-refractivity contribution in [2.24, 2.45) is 5.92 Å². The van der Waals surface area contributed by atoms with E-state index in [1.54, 1.807) is 12.1 Å². The van der Waals surface area contributed by atoms with Gasteiger partial charge in [0.1, 0.15) is 0 Å². The van der Waals surface area contributed by atoms with Crippen LogP contribution in [-0.2, 0) is 30.5 Å². The van der Waals surface area contributed by atoms with Crippen molar-refractivity contribution in [3.63, 3.8) is 0 Å². The molecule has 1 saturated carbocycles. The van der Waals surface area contributed by atoms with Gasteiger partial charge >= 0.3 is 0 Å². The third-order valence-electron chi connectivity index (χ3n) is 11.1. The average molecular weight is 754 g/mol. The predicted molar refractivity (Wildman–Crippen MR) is 215 cm³/mol. The summed E-state index contributed by atoms with van der Waals surface area (Å²) in [4.78, 5) is 41.3. The molecule has 2 aliphatic heterocycles. The highest BCUT2D eigenvalue weighted by Crippen LogP contribution is 2.42. The van der Waals surface area contributed by atoms with Crippen LogP contribution in [0.4, 0.5) is 17.1 Å². The van der Waals surface area contributed by atoms with E-state index in [9.17, 15) is 19.5 Å². The Bertz CT molecular complexity index is 1740. The number of nitrogens with two attached hydrogens (primary N) is 1. The molecule has 0 radical (unpaired) electrons. The number of likely N-dealkylation sites (tertiary alicyclic amines) is 1. The summed E-state index contributed by atoms with van der Waals surface area (Å²) in [5.74, 6) is 0.428. The molecule has 3 aromatic rings. The van der Waals surface area contributed by atoms with Crippen molar-refractivity contribution in [2.45, 2.75) is 134 Å². The molecule has 2 heterocycles. The van der Waals surface area contributed by atoms with E-state index in [0.717, 1.165) is 36.0 Å². The fourth-order valence-corrected chi connectivity index (χ4v) is 8.34. The number of aliphatic hydroxyl groups excluding tert-OH is 1. The first-order chi connectivity index (χ1) is 26.5. The number of anilines is 3. The number of fused-ring (bicyclic) bond motifs is 1. The quantitative estimate of drug-likeness (QED) is 0.0895.